The van der Waals surface area contributed by atoms with Crippen molar-refractivity contribution in [2.24, 2.45) is 11.8 Å². The average molecular weight is 855 g/mol. The summed E-state index contributed by atoms with van der Waals surface area (Å²) in [6.45, 7) is 9.44. The molecule has 0 saturated carbocycles. The number of nitrogens with zero attached hydrogens (tertiary/aromatic N) is 4. The maximum absolute atomic E-state index is 14.1. The number of carbonyl (C=O) groups excluding carboxylic acids is 4. The Hall–Kier alpha value is -5.78. The van der Waals surface area contributed by atoms with E-state index in [1.165, 1.54) is 14.2 Å². The Labute approximate surface area is 361 Å². The number of β-amino-alcohol motifs (C(OH)–C–C–N with tert-alkyl or cyclic N) is 1. The minimum atomic E-state index is -0.821. The van der Waals surface area contributed by atoms with Crippen LogP contribution in [0.4, 0.5) is 9.59 Å². The lowest BCUT2D eigenvalue weighted by molar-refractivity contribution is -0.136. The Bertz CT molecular complexity index is 2190. The molecular formula is C45H58N8O9. The van der Waals surface area contributed by atoms with E-state index in [0.29, 0.717) is 50.9 Å². The molecule has 7 rings (SSSR count). The van der Waals surface area contributed by atoms with Crippen LogP contribution in [0.15, 0.2) is 54.7 Å². The SMILES string of the molecule is COC(=O)N[C@H](C(=O)N1C[C@@H]2C[C@H]1c1nc(-c3ccc(-c4ccc(-c5cnc([C@@H]6C[C@@H](O)CN6C(=O)[C@H](NC(=O)OC)C(C)C)[nH]5)cc4)cc3)c([nH]1)COCCCCO2)C(C)C. The fraction of sp³-hybridized carbons (Fsp3) is 0.511. The maximum atomic E-state index is 14.1. The predicted octanol–water partition coefficient (Wildman–Crippen LogP) is 5.50. The van der Waals surface area contributed by atoms with Crippen LogP contribution in [-0.4, -0.2) is 124 Å². The highest BCUT2D eigenvalue weighted by molar-refractivity contribution is 5.87. The highest BCUT2D eigenvalue weighted by atomic mass is 16.5. The highest BCUT2D eigenvalue weighted by Gasteiger charge is 2.43. The molecule has 2 aromatic heterocycles. The second-order valence-corrected chi connectivity index (χ2v) is 16.9. The number of methoxy groups -OCH3 is 2. The number of aliphatic hydroxyl groups excluding tert-OH is 1. The Morgan fingerprint density at radius 3 is 1.89 bits per heavy atom. The van der Waals surface area contributed by atoms with Crippen molar-refractivity contribution in [2.75, 3.05) is 40.5 Å². The Morgan fingerprint density at radius 1 is 0.742 bits per heavy atom. The van der Waals surface area contributed by atoms with Gasteiger partial charge in [0.25, 0.3) is 0 Å². The molecule has 6 atom stereocenters. The van der Waals surface area contributed by atoms with Crippen molar-refractivity contribution in [1.29, 1.82) is 0 Å². The van der Waals surface area contributed by atoms with E-state index in [4.69, 9.17) is 23.9 Å². The van der Waals surface area contributed by atoms with E-state index >= 15 is 0 Å². The lowest BCUT2D eigenvalue weighted by Crippen LogP contribution is -2.51. The Balaban J connectivity index is 1.09. The van der Waals surface area contributed by atoms with Crippen molar-refractivity contribution >= 4 is 24.0 Å². The molecule has 5 heterocycles. The number of amides is 4. The summed E-state index contributed by atoms with van der Waals surface area (Å²) >= 11 is 0. The Kier molecular flexibility index (Phi) is 13.9. The van der Waals surface area contributed by atoms with E-state index < -0.39 is 42.5 Å². The van der Waals surface area contributed by atoms with Gasteiger partial charge in [0.05, 0.1) is 68.4 Å². The second-order valence-electron chi connectivity index (χ2n) is 16.9. The van der Waals surface area contributed by atoms with Crippen LogP contribution in [0.2, 0.25) is 0 Å². The first-order valence-electron chi connectivity index (χ1n) is 21.4. The fourth-order valence-corrected chi connectivity index (χ4v) is 8.47. The number of imidazole rings is 2. The lowest BCUT2D eigenvalue weighted by Gasteiger charge is -2.29. The van der Waals surface area contributed by atoms with Crippen LogP contribution in [0.5, 0.6) is 0 Å². The molecule has 17 heteroatoms. The van der Waals surface area contributed by atoms with Crippen LogP contribution in [0.25, 0.3) is 33.6 Å². The van der Waals surface area contributed by atoms with Crippen molar-refractivity contribution in [3.05, 3.63) is 72.1 Å². The molecule has 4 bridgehead atoms. The first kappa shape index (κ1) is 44.3. The van der Waals surface area contributed by atoms with Gasteiger partial charge in [-0.05, 0) is 41.4 Å². The number of ether oxygens (including phenoxy) is 4. The first-order valence-corrected chi connectivity index (χ1v) is 21.4. The Morgan fingerprint density at radius 2 is 1.29 bits per heavy atom. The third-order valence-electron chi connectivity index (χ3n) is 11.9. The molecule has 2 fully saturated rings. The third kappa shape index (κ3) is 9.79. The number of aromatic nitrogens is 4. The van der Waals surface area contributed by atoms with Gasteiger partial charge in [-0.25, -0.2) is 19.6 Å². The van der Waals surface area contributed by atoms with Crippen LogP contribution in [0.1, 0.15) is 82.8 Å². The molecule has 17 nitrogen and oxygen atoms in total. The van der Waals surface area contributed by atoms with Crippen LogP contribution in [0, 0.1) is 11.8 Å². The summed E-state index contributed by atoms with van der Waals surface area (Å²) in [6, 6.07) is 13.7. The van der Waals surface area contributed by atoms with Crippen LogP contribution in [0.3, 0.4) is 0 Å². The van der Waals surface area contributed by atoms with Crippen LogP contribution >= 0.6 is 0 Å². The van der Waals surface area contributed by atoms with Gasteiger partial charge in [-0.1, -0.05) is 76.2 Å². The first-order chi connectivity index (χ1) is 29.8. The summed E-state index contributed by atoms with van der Waals surface area (Å²) in [5.41, 5.74) is 6.12. The number of H-pyrrole nitrogens is 2. The standard InChI is InChI=1S/C45H58N8O9/c1-25(2)37(50-44(57)59-5)42(55)52-22-31(54)19-35(52)40-46-21-33(47-40)29-13-9-27(10-14-29)28-11-15-30(16-12-28)39-34-24-61-17-7-8-18-62-32-20-36(41(48-34)49-39)53(23-32)43(56)38(26(3)4)51-45(58)60-6/h9-16,21,25-26,31-32,35-38,54H,7-8,17-20,22-24H2,1-6H3,(H,46,47)(H,48,49)(H,50,57)(H,51,58)/t31-,32+,35+,36+,37-,38+/m1/s1. The molecule has 62 heavy (non-hydrogen) atoms. The molecule has 2 saturated heterocycles. The molecule has 4 amide bonds. The van der Waals surface area contributed by atoms with Crippen LogP contribution < -0.4 is 10.6 Å². The maximum Gasteiger partial charge on any atom is 0.407 e. The summed E-state index contributed by atoms with van der Waals surface area (Å²) in [6.07, 6.45) is 2.00. The smallest absolute Gasteiger partial charge is 0.407 e. The average Bonchev–Trinajstić information content (AvgIpc) is 4.09. The van der Waals surface area contributed by atoms with Crippen molar-refractivity contribution in [1.82, 2.24) is 40.4 Å². The number of hydrogen-bond acceptors (Lipinski definition) is 11. The minimum Gasteiger partial charge on any atom is -0.453 e. The summed E-state index contributed by atoms with van der Waals surface area (Å²) in [5, 5.41) is 16.0. The summed E-state index contributed by atoms with van der Waals surface area (Å²) in [5.74, 6) is 0.279. The van der Waals surface area contributed by atoms with Gasteiger partial charge in [-0.3, -0.25) is 9.59 Å². The van der Waals surface area contributed by atoms with Gasteiger partial charge in [-0.15, -0.1) is 0 Å². The van der Waals surface area contributed by atoms with Crippen molar-refractivity contribution < 1.29 is 43.2 Å². The second kappa shape index (κ2) is 19.5. The number of nitrogens with one attached hydrogen (secondary N) is 4. The van der Waals surface area contributed by atoms with Gasteiger partial charge < -0.3 is 54.5 Å². The molecule has 2 aromatic carbocycles. The number of carbonyl (C=O) groups is 4. The number of rotatable bonds is 10. The molecule has 0 radical (unpaired) electrons. The zero-order valence-corrected chi connectivity index (χ0v) is 36.2. The number of aliphatic hydroxyl groups is 1. The van der Waals surface area contributed by atoms with E-state index in [9.17, 15) is 24.3 Å². The summed E-state index contributed by atoms with van der Waals surface area (Å²) < 4.78 is 21.9. The quantitative estimate of drug-likeness (QED) is 0.134. The number of fused-ring (bicyclic) bond motifs is 5. The normalized spacial score (nSPS) is 21.4. The zero-order valence-electron chi connectivity index (χ0n) is 36.2. The van der Waals surface area contributed by atoms with Crippen LogP contribution in [-0.2, 0) is 35.1 Å². The zero-order chi connectivity index (χ0) is 44.1. The van der Waals surface area contributed by atoms with Crippen molar-refractivity contribution in [3.8, 4) is 33.6 Å². The van der Waals surface area contributed by atoms with Crippen molar-refractivity contribution in [3.63, 3.8) is 0 Å². The molecule has 0 spiro atoms. The number of aromatic amines is 2. The van der Waals surface area contributed by atoms with Gasteiger partial charge in [-0.2, -0.15) is 0 Å². The molecular weight excluding hydrogens is 797 g/mol. The lowest BCUT2D eigenvalue weighted by atomic mass is 10.0. The van der Waals surface area contributed by atoms with Gasteiger partial charge >= 0.3 is 12.2 Å². The van der Waals surface area contributed by atoms with Crippen molar-refractivity contribution in [2.45, 2.75) is 96.4 Å². The number of likely N-dealkylation sites (tertiary alicyclic amines) is 2. The monoisotopic (exact) mass is 854 g/mol. The van der Waals surface area contributed by atoms with Gasteiger partial charge in [0.2, 0.25) is 11.8 Å². The van der Waals surface area contributed by atoms with Gasteiger partial charge in [0, 0.05) is 44.7 Å². The largest absolute Gasteiger partial charge is 0.453 e. The van der Waals surface area contributed by atoms with E-state index in [2.05, 4.69) is 25.6 Å². The molecule has 0 aliphatic carbocycles. The van der Waals surface area contributed by atoms with Gasteiger partial charge in [0.15, 0.2) is 0 Å². The molecule has 4 aromatic rings. The predicted molar refractivity (Wildman–Crippen MR) is 228 cm³/mol. The molecule has 332 valence electrons. The number of benzene rings is 2. The fourth-order valence-electron chi connectivity index (χ4n) is 8.47. The minimum absolute atomic E-state index is 0.127. The summed E-state index contributed by atoms with van der Waals surface area (Å²) in [7, 11) is 2.53. The molecule has 3 aliphatic rings. The van der Waals surface area contributed by atoms with E-state index in [0.717, 1.165) is 52.2 Å². The topological polar surface area (TPSA) is 213 Å². The summed E-state index contributed by atoms with van der Waals surface area (Å²) in [4.78, 5) is 71.9. The molecule has 0 unspecified atom stereocenters. The third-order valence-corrected chi connectivity index (χ3v) is 11.9. The number of hydrogen-bond donors (Lipinski definition) is 5. The van der Waals surface area contributed by atoms with E-state index in [1.807, 2.05) is 76.2 Å². The van der Waals surface area contributed by atoms with E-state index in [-0.39, 0.29) is 36.3 Å². The van der Waals surface area contributed by atoms with Gasteiger partial charge in [0.1, 0.15) is 23.7 Å². The number of alkyl carbamates (subject to hydrolysis) is 2. The van der Waals surface area contributed by atoms with E-state index in [1.54, 1.807) is 16.0 Å². The highest BCUT2D eigenvalue weighted by Crippen LogP contribution is 2.37. The molecule has 3 aliphatic heterocycles. The molecule has 5 N–H and O–H groups in total.